The first kappa shape index (κ1) is 14.0. The van der Waals surface area contributed by atoms with Gasteiger partial charge >= 0.3 is 0 Å². The summed E-state index contributed by atoms with van der Waals surface area (Å²) in [5, 5.41) is 31.9. The van der Waals surface area contributed by atoms with Gasteiger partial charge in [-0.1, -0.05) is 30.3 Å². The summed E-state index contributed by atoms with van der Waals surface area (Å²) in [4.78, 5) is 10.5. The van der Waals surface area contributed by atoms with Crippen molar-refractivity contribution in [2.75, 3.05) is 5.32 Å². The van der Waals surface area contributed by atoms with Gasteiger partial charge in [0, 0.05) is 12.6 Å². The molecule has 0 heterocycles. The minimum Gasteiger partial charge on any atom is -0.375 e. The van der Waals surface area contributed by atoms with Crippen LogP contribution in [0.1, 0.15) is 16.7 Å². The van der Waals surface area contributed by atoms with Crippen LogP contribution in [0.2, 0.25) is 0 Å². The molecular formula is C15H10N4O2. The summed E-state index contributed by atoms with van der Waals surface area (Å²) in [6.45, 7) is 0.387. The Labute approximate surface area is 121 Å². The predicted octanol–water partition coefficient (Wildman–Crippen LogP) is 2.95. The van der Waals surface area contributed by atoms with Crippen molar-refractivity contribution in [3.63, 3.8) is 0 Å². The number of nitriles is 2. The quantitative estimate of drug-likeness (QED) is 0.684. The number of nitrogens with zero attached hydrogens (tertiary/aromatic N) is 3. The van der Waals surface area contributed by atoms with Crippen LogP contribution < -0.4 is 5.32 Å². The highest BCUT2D eigenvalue weighted by Gasteiger charge is 2.18. The van der Waals surface area contributed by atoms with E-state index >= 15 is 0 Å². The summed E-state index contributed by atoms with van der Waals surface area (Å²) < 4.78 is 0. The minimum atomic E-state index is -0.574. The fourth-order valence-electron chi connectivity index (χ4n) is 1.86. The van der Waals surface area contributed by atoms with E-state index in [0.29, 0.717) is 6.54 Å². The third-order valence-electron chi connectivity index (χ3n) is 2.90. The Morgan fingerprint density at radius 2 is 1.71 bits per heavy atom. The Morgan fingerprint density at radius 3 is 2.29 bits per heavy atom. The maximum atomic E-state index is 11.1. The van der Waals surface area contributed by atoms with Crippen molar-refractivity contribution in [1.82, 2.24) is 0 Å². The first-order valence-electron chi connectivity index (χ1n) is 6.06. The van der Waals surface area contributed by atoms with Crippen molar-refractivity contribution in [1.29, 1.82) is 10.5 Å². The fourth-order valence-corrected chi connectivity index (χ4v) is 1.86. The highest BCUT2D eigenvalue weighted by atomic mass is 16.6. The summed E-state index contributed by atoms with van der Waals surface area (Å²) >= 11 is 0. The standard InChI is InChI=1S/C15H10N4O2/c16-8-12-6-14(15(19(20)21)7-13(12)9-17)18-10-11-4-2-1-3-5-11/h1-7,18H,10H2. The van der Waals surface area contributed by atoms with Gasteiger partial charge in [-0.05, 0) is 11.6 Å². The molecule has 1 N–H and O–H groups in total. The lowest BCUT2D eigenvalue weighted by Gasteiger charge is -2.08. The molecule has 0 atom stereocenters. The molecule has 6 nitrogen and oxygen atoms in total. The van der Waals surface area contributed by atoms with Gasteiger partial charge in [0.2, 0.25) is 0 Å². The van der Waals surface area contributed by atoms with E-state index < -0.39 is 4.92 Å². The third kappa shape index (κ3) is 3.14. The van der Waals surface area contributed by atoms with Gasteiger partial charge in [0.15, 0.2) is 0 Å². The summed E-state index contributed by atoms with van der Waals surface area (Å²) in [6.07, 6.45) is 0. The average molecular weight is 278 g/mol. The lowest BCUT2D eigenvalue weighted by molar-refractivity contribution is -0.384. The summed E-state index contributed by atoms with van der Waals surface area (Å²) in [5.41, 5.74) is 1.06. The normalized spacial score (nSPS) is 9.43. The van der Waals surface area contributed by atoms with E-state index in [1.54, 1.807) is 6.07 Å². The monoisotopic (exact) mass is 278 g/mol. The lowest BCUT2D eigenvalue weighted by Crippen LogP contribution is -2.04. The van der Waals surface area contributed by atoms with Gasteiger partial charge in [0.1, 0.15) is 17.8 Å². The number of benzene rings is 2. The maximum absolute atomic E-state index is 11.1. The van der Waals surface area contributed by atoms with Crippen molar-refractivity contribution in [2.45, 2.75) is 6.54 Å². The number of nitro benzene ring substituents is 1. The van der Waals surface area contributed by atoms with Gasteiger partial charge in [-0.3, -0.25) is 10.1 Å². The zero-order valence-corrected chi connectivity index (χ0v) is 10.9. The SMILES string of the molecule is N#Cc1cc(NCc2ccccc2)c([N+](=O)[O-])cc1C#N. The van der Waals surface area contributed by atoms with Crippen LogP contribution in [-0.4, -0.2) is 4.92 Å². The molecule has 0 saturated carbocycles. The maximum Gasteiger partial charge on any atom is 0.293 e. The van der Waals surface area contributed by atoms with E-state index in [4.69, 9.17) is 10.5 Å². The van der Waals surface area contributed by atoms with Crippen LogP contribution in [-0.2, 0) is 6.54 Å². The molecule has 0 unspecified atom stereocenters. The third-order valence-corrected chi connectivity index (χ3v) is 2.90. The number of nitro groups is 1. The molecule has 0 radical (unpaired) electrons. The van der Waals surface area contributed by atoms with E-state index in [-0.39, 0.29) is 22.5 Å². The molecule has 2 aromatic rings. The van der Waals surface area contributed by atoms with Crippen LogP contribution in [0.15, 0.2) is 42.5 Å². The summed E-state index contributed by atoms with van der Waals surface area (Å²) in [5.74, 6) is 0. The topological polar surface area (TPSA) is 103 Å². The van der Waals surface area contributed by atoms with Gasteiger partial charge in [-0.15, -0.1) is 0 Å². The van der Waals surface area contributed by atoms with Crippen molar-refractivity contribution in [2.24, 2.45) is 0 Å². The van der Waals surface area contributed by atoms with Crippen LogP contribution in [0.5, 0.6) is 0 Å². The number of hydrogen-bond donors (Lipinski definition) is 1. The van der Waals surface area contributed by atoms with Crippen LogP contribution in [0.3, 0.4) is 0 Å². The zero-order chi connectivity index (χ0) is 15.2. The Morgan fingerprint density at radius 1 is 1.10 bits per heavy atom. The van der Waals surface area contributed by atoms with Crippen LogP contribution >= 0.6 is 0 Å². The smallest absolute Gasteiger partial charge is 0.293 e. The van der Waals surface area contributed by atoms with Gasteiger partial charge in [-0.25, -0.2) is 0 Å². The van der Waals surface area contributed by atoms with Gasteiger partial charge < -0.3 is 5.32 Å². The number of nitrogens with one attached hydrogen (secondary N) is 1. The molecule has 0 aromatic heterocycles. The second-order valence-corrected chi connectivity index (χ2v) is 4.23. The molecule has 0 fully saturated rings. The Balaban J connectivity index is 2.36. The second kappa shape index (κ2) is 6.18. The number of rotatable bonds is 4. The fraction of sp³-hybridized carbons (Fsp3) is 0.0667. The molecule has 6 heteroatoms. The van der Waals surface area contributed by atoms with Crippen molar-refractivity contribution in [3.05, 3.63) is 69.3 Å². The summed E-state index contributed by atoms with van der Waals surface area (Å²) in [6, 6.07) is 15.5. The average Bonchev–Trinajstić information content (AvgIpc) is 2.52. The van der Waals surface area contributed by atoms with E-state index in [1.165, 1.54) is 6.07 Å². The molecule has 102 valence electrons. The Bertz CT molecular complexity index is 758. The molecule has 0 amide bonds. The molecule has 0 spiro atoms. The van der Waals surface area contributed by atoms with Crippen molar-refractivity contribution < 1.29 is 4.92 Å². The lowest BCUT2D eigenvalue weighted by atomic mass is 10.1. The predicted molar refractivity (Wildman–Crippen MR) is 76.3 cm³/mol. The van der Waals surface area contributed by atoms with Crippen molar-refractivity contribution in [3.8, 4) is 12.1 Å². The van der Waals surface area contributed by atoms with Crippen LogP contribution in [0, 0.1) is 32.8 Å². The van der Waals surface area contributed by atoms with Gasteiger partial charge in [-0.2, -0.15) is 10.5 Å². The molecule has 2 rings (SSSR count). The van der Waals surface area contributed by atoms with Crippen molar-refractivity contribution >= 4 is 11.4 Å². The van der Waals surface area contributed by atoms with E-state index in [0.717, 1.165) is 11.6 Å². The number of hydrogen-bond acceptors (Lipinski definition) is 5. The Hall–Kier alpha value is -3.38. The van der Waals surface area contributed by atoms with E-state index in [2.05, 4.69) is 5.32 Å². The largest absolute Gasteiger partial charge is 0.375 e. The first-order valence-corrected chi connectivity index (χ1v) is 6.06. The molecular weight excluding hydrogens is 268 g/mol. The molecule has 0 aliphatic carbocycles. The molecule has 2 aromatic carbocycles. The van der Waals surface area contributed by atoms with E-state index in [9.17, 15) is 10.1 Å². The highest BCUT2D eigenvalue weighted by Crippen LogP contribution is 2.28. The number of anilines is 1. The second-order valence-electron chi connectivity index (χ2n) is 4.23. The minimum absolute atomic E-state index is 0.00513. The molecule has 0 saturated heterocycles. The van der Waals surface area contributed by atoms with Crippen LogP contribution in [0.25, 0.3) is 0 Å². The molecule has 0 aliphatic rings. The molecule has 0 aliphatic heterocycles. The molecule has 0 bridgehead atoms. The zero-order valence-electron chi connectivity index (χ0n) is 10.9. The summed E-state index contributed by atoms with van der Waals surface area (Å²) in [7, 11) is 0. The first-order chi connectivity index (χ1) is 10.2. The highest BCUT2D eigenvalue weighted by molar-refractivity contribution is 5.68. The van der Waals surface area contributed by atoms with Gasteiger partial charge in [0.25, 0.3) is 5.69 Å². The van der Waals surface area contributed by atoms with E-state index in [1.807, 2.05) is 36.4 Å². The molecule has 21 heavy (non-hydrogen) atoms. The van der Waals surface area contributed by atoms with Gasteiger partial charge in [0.05, 0.1) is 16.1 Å². The van der Waals surface area contributed by atoms with Crippen LogP contribution in [0.4, 0.5) is 11.4 Å². The Kier molecular flexibility index (Phi) is 4.13.